The zero-order valence-corrected chi connectivity index (χ0v) is 21.5. The van der Waals surface area contributed by atoms with Crippen molar-refractivity contribution in [1.29, 1.82) is 0 Å². The average Bonchev–Trinajstić information content (AvgIpc) is 3.36. The summed E-state index contributed by atoms with van der Waals surface area (Å²) in [5.74, 6) is -1.04. The Balaban J connectivity index is 1.65. The molecule has 2 amide bonds. The summed E-state index contributed by atoms with van der Waals surface area (Å²) < 4.78 is 41.9. The molecule has 1 unspecified atom stereocenters. The quantitative estimate of drug-likeness (QED) is 0.414. The van der Waals surface area contributed by atoms with E-state index in [0.29, 0.717) is 10.6 Å². The standard InChI is InChI=1S/C26H28ClF3N6O2/c1-2-21(25(38)31-19-8-4-3-5-9-19)36(22-11-7-6-10-20(22)26(28,29)30)23(37)16-35-33-24(32-34-35)17-12-14-18(27)15-13-17/h6-7,10-15,19,21H,2-5,8-9,16H2,1H3,(H,31,38). The van der Waals surface area contributed by atoms with Gasteiger partial charge in [-0.3, -0.25) is 14.5 Å². The lowest BCUT2D eigenvalue weighted by molar-refractivity contribution is -0.137. The molecule has 0 aliphatic heterocycles. The number of halogens is 4. The number of hydrogen-bond acceptors (Lipinski definition) is 5. The zero-order valence-electron chi connectivity index (χ0n) is 20.8. The van der Waals surface area contributed by atoms with Gasteiger partial charge in [-0.15, -0.1) is 10.2 Å². The molecule has 8 nitrogen and oxygen atoms in total. The molecule has 202 valence electrons. The Kier molecular flexibility index (Phi) is 8.65. The summed E-state index contributed by atoms with van der Waals surface area (Å²) in [7, 11) is 0. The number of carbonyl (C=O) groups excluding carboxylic acids is 2. The van der Waals surface area contributed by atoms with Crippen LogP contribution in [0.2, 0.25) is 5.02 Å². The highest BCUT2D eigenvalue weighted by molar-refractivity contribution is 6.30. The van der Waals surface area contributed by atoms with Crippen molar-refractivity contribution >= 4 is 29.1 Å². The van der Waals surface area contributed by atoms with Crippen molar-refractivity contribution in [3.63, 3.8) is 0 Å². The number of para-hydroxylation sites is 1. The Labute approximate surface area is 223 Å². The maximum absolute atomic E-state index is 14.0. The van der Waals surface area contributed by atoms with Crippen LogP contribution < -0.4 is 10.2 Å². The summed E-state index contributed by atoms with van der Waals surface area (Å²) in [5, 5.41) is 15.5. The number of hydrogen-bond donors (Lipinski definition) is 1. The van der Waals surface area contributed by atoms with Crippen LogP contribution in [-0.4, -0.2) is 44.1 Å². The minimum Gasteiger partial charge on any atom is -0.352 e. The molecule has 3 aromatic rings. The van der Waals surface area contributed by atoms with Crippen LogP contribution in [0, 0.1) is 0 Å². The number of benzene rings is 2. The van der Waals surface area contributed by atoms with E-state index in [1.165, 1.54) is 18.2 Å². The fourth-order valence-corrected chi connectivity index (χ4v) is 4.78. The molecule has 1 aromatic heterocycles. The minimum atomic E-state index is -4.74. The molecule has 2 aromatic carbocycles. The van der Waals surface area contributed by atoms with E-state index in [1.54, 1.807) is 31.2 Å². The first-order valence-corrected chi connectivity index (χ1v) is 12.9. The highest BCUT2D eigenvalue weighted by Gasteiger charge is 2.39. The van der Waals surface area contributed by atoms with Gasteiger partial charge >= 0.3 is 6.18 Å². The maximum atomic E-state index is 14.0. The van der Waals surface area contributed by atoms with Gasteiger partial charge in [0, 0.05) is 16.6 Å². The average molecular weight is 549 g/mol. The predicted molar refractivity (Wildman–Crippen MR) is 136 cm³/mol. The van der Waals surface area contributed by atoms with E-state index < -0.39 is 41.8 Å². The third-order valence-electron chi connectivity index (χ3n) is 6.52. The van der Waals surface area contributed by atoms with Gasteiger partial charge in [0.25, 0.3) is 5.91 Å². The second-order valence-electron chi connectivity index (χ2n) is 9.20. The molecular formula is C26H28ClF3N6O2. The molecule has 0 bridgehead atoms. The van der Waals surface area contributed by atoms with Gasteiger partial charge in [-0.1, -0.05) is 49.9 Å². The molecular weight excluding hydrogens is 521 g/mol. The Morgan fingerprint density at radius 2 is 1.79 bits per heavy atom. The van der Waals surface area contributed by atoms with Crippen LogP contribution in [0.5, 0.6) is 0 Å². The van der Waals surface area contributed by atoms with Gasteiger partial charge in [-0.2, -0.15) is 18.0 Å². The maximum Gasteiger partial charge on any atom is 0.418 e. The van der Waals surface area contributed by atoms with E-state index in [1.807, 2.05) is 0 Å². The van der Waals surface area contributed by atoms with Gasteiger partial charge in [0.15, 0.2) is 0 Å². The highest BCUT2D eigenvalue weighted by atomic mass is 35.5. The summed E-state index contributed by atoms with van der Waals surface area (Å²) >= 11 is 5.92. The first kappa shape index (κ1) is 27.6. The number of amides is 2. The number of anilines is 1. The number of tetrazole rings is 1. The van der Waals surface area contributed by atoms with Gasteiger partial charge in [0.1, 0.15) is 12.6 Å². The third-order valence-corrected chi connectivity index (χ3v) is 6.77. The molecule has 1 aliphatic rings. The smallest absolute Gasteiger partial charge is 0.352 e. The van der Waals surface area contributed by atoms with E-state index in [4.69, 9.17) is 11.6 Å². The molecule has 12 heteroatoms. The van der Waals surface area contributed by atoms with Crippen LogP contribution in [0.3, 0.4) is 0 Å². The van der Waals surface area contributed by atoms with Gasteiger partial charge in [-0.25, -0.2) is 0 Å². The number of alkyl halides is 3. The third kappa shape index (κ3) is 6.50. The van der Waals surface area contributed by atoms with Crippen molar-refractivity contribution in [2.75, 3.05) is 4.90 Å². The molecule has 0 spiro atoms. The second kappa shape index (κ2) is 11.9. The van der Waals surface area contributed by atoms with Crippen molar-refractivity contribution in [3.05, 3.63) is 59.1 Å². The van der Waals surface area contributed by atoms with Crippen LogP contribution in [0.25, 0.3) is 11.4 Å². The summed E-state index contributed by atoms with van der Waals surface area (Å²) in [6, 6.07) is 10.2. The zero-order chi connectivity index (χ0) is 27.3. The predicted octanol–water partition coefficient (Wildman–Crippen LogP) is 5.27. The SMILES string of the molecule is CCC(C(=O)NC1CCCCC1)N(C(=O)Cn1nnc(-c2ccc(Cl)cc2)n1)c1ccccc1C(F)(F)F. The van der Waals surface area contributed by atoms with Crippen molar-refractivity contribution < 1.29 is 22.8 Å². The van der Waals surface area contributed by atoms with Crippen molar-refractivity contribution in [2.24, 2.45) is 0 Å². The van der Waals surface area contributed by atoms with Gasteiger partial charge in [-0.05, 0) is 60.9 Å². The lowest BCUT2D eigenvalue weighted by Crippen LogP contribution is -2.53. The molecule has 0 saturated heterocycles. The molecule has 38 heavy (non-hydrogen) atoms. The number of nitrogens with one attached hydrogen (secondary N) is 1. The Morgan fingerprint density at radius 1 is 1.11 bits per heavy atom. The summed E-state index contributed by atoms with van der Waals surface area (Å²) in [4.78, 5) is 28.9. The topological polar surface area (TPSA) is 93.0 Å². The van der Waals surface area contributed by atoms with Crippen LogP contribution in [0.15, 0.2) is 48.5 Å². The fraction of sp³-hybridized carbons (Fsp3) is 0.423. The summed E-state index contributed by atoms with van der Waals surface area (Å²) in [6.45, 7) is 1.15. The van der Waals surface area contributed by atoms with Crippen LogP contribution in [-0.2, 0) is 22.3 Å². The van der Waals surface area contributed by atoms with Crippen LogP contribution in [0.1, 0.15) is 51.0 Å². The summed E-state index contributed by atoms with van der Waals surface area (Å²) in [6.07, 6.45) is -0.0183. The number of aromatic nitrogens is 4. The molecule has 4 rings (SSSR count). The molecule has 1 aliphatic carbocycles. The van der Waals surface area contributed by atoms with Crippen LogP contribution in [0.4, 0.5) is 18.9 Å². The van der Waals surface area contributed by atoms with E-state index >= 15 is 0 Å². The molecule has 1 N–H and O–H groups in total. The van der Waals surface area contributed by atoms with E-state index in [2.05, 4.69) is 20.7 Å². The largest absolute Gasteiger partial charge is 0.418 e. The first-order valence-electron chi connectivity index (χ1n) is 12.5. The fourth-order valence-electron chi connectivity index (χ4n) is 4.65. The van der Waals surface area contributed by atoms with E-state index in [-0.39, 0.29) is 18.3 Å². The first-order chi connectivity index (χ1) is 18.2. The summed E-state index contributed by atoms with van der Waals surface area (Å²) in [5.41, 5.74) is -0.801. The van der Waals surface area contributed by atoms with Crippen molar-refractivity contribution in [3.8, 4) is 11.4 Å². The Bertz CT molecular complexity index is 1260. The minimum absolute atomic E-state index is 0.0703. The number of nitrogens with zero attached hydrogens (tertiary/aromatic N) is 5. The number of rotatable bonds is 8. The van der Waals surface area contributed by atoms with E-state index in [0.717, 1.165) is 47.9 Å². The normalized spacial score (nSPS) is 15.2. The lowest BCUT2D eigenvalue weighted by atomic mass is 9.95. The molecule has 0 radical (unpaired) electrons. The van der Waals surface area contributed by atoms with E-state index in [9.17, 15) is 22.8 Å². The highest BCUT2D eigenvalue weighted by Crippen LogP contribution is 2.37. The monoisotopic (exact) mass is 548 g/mol. The van der Waals surface area contributed by atoms with Crippen molar-refractivity contribution in [1.82, 2.24) is 25.5 Å². The molecule has 1 saturated carbocycles. The number of carbonyl (C=O) groups is 2. The second-order valence-corrected chi connectivity index (χ2v) is 9.63. The van der Waals surface area contributed by atoms with Gasteiger partial charge < -0.3 is 5.32 Å². The Hall–Kier alpha value is -3.47. The van der Waals surface area contributed by atoms with Crippen LogP contribution >= 0.6 is 11.6 Å². The van der Waals surface area contributed by atoms with Crippen molar-refractivity contribution in [2.45, 2.75) is 70.3 Å². The Morgan fingerprint density at radius 3 is 2.45 bits per heavy atom. The van der Waals surface area contributed by atoms with Gasteiger partial charge in [0.05, 0.1) is 11.3 Å². The molecule has 1 heterocycles. The molecule has 1 fully saturated rings. The molecule has 1 atom stereocenters. The lowest BCUT2D eigenvalue weighted by Gasteiger charge is -2.33. The van der Waals surface area contributed by atoms with Gasteiger partial charge in [0.2, 0.25) is 11.7 Å².